The van der Waals surface area contributed by atoms with Crippen LogP contribution in [0.15, 0.2) is 18.2 Å². The highest BCUT2D eigenvalue weighted by Crippen LogP contribution is 2.14. The first-order valence-corrected chi connectivity index (χ1v) is 7.11. The van der Waals surface area contributed by atoms with Crippen LogP contribution in [0.2, 0.25) is 0 Å². The van der Waals surface area contributed by atoms with E-state index in [2.05, 4.69) is 37.4 Å². The molecule has 1 amide bonds. The van der Waals surface area contributed by atoms with Gasteiger partial charge >= 0.3 is 0 Å². The van der Waals surface area contributed by atoms with Gasteiger partial charge in [0.05, 0.1) is 0 Å². The maximum atomic E-state index is 11.4. The molecule has 1 atom stereocenters. The van der Waals surface area contributed by atoms with Crippen LogP contribution in [0.5, 0.6) is 0 Å². The Morgan fingerprint density at radius 1 is 1.42 bits per heavy atom. The number of piperazine rings is 1. The number of benzene rings is 1. The van der Waals surface area contributed by atoms with Gasteiger partial charge in [0.2, 0.25) is 5.91 Å². The van der Waals surface area contributed by atoms with Crippen molar-refractivity contribution >= 4 is 5.91 Å². The van der Waals surface area contributed by atoms with Crippen LogP contribution in [0.25, 0.3) is 0 Å². The van der Waals surface area contributed by atoms with Crippen LogP contribution in [0.4, 0.5) is 0 Å². The lowest BCUT2D eigenvalue weighted by molar-refractivity contribution is -0.130. The highest BCUT2D eigenvalue weighted by atomic mass is 16.2. The number of carbonyl (C=O) groups is 1. The third kappa shape index (κ3) is 3.80. The van der Waals surface area contributed by atoms with Gasteiger partial charge in [0.1, 0.15) is 0 Å². The molecular formula is C16H24N2O. The average Bonchev–Trinajstić information content (AvgIpc) is 2.38. The molecule has 104 valence electrons. The lowest BCUT2D eigenvalue weighted by Crippen LogP contribution is -2.52. The Morgan fingerprint density at radius 2 is 2.21 bits per heavy atom. The molecule has 2 rings (SSSR count). The number of hydrogen-bond acceptors (Lipinski definition) is 2. The second kappa shape index (κ2) is 6.20. The van der Waals surface area contributed by atoms with Crippen LogP contribution in [-0.2, 0) is 11.2 Å². The normalized spacial score (nSPS) is 19.5. The molecule has 3 heteroatoms. The van der Waals surface area contributed by atoms with E-state index in [0.717, 1.165) is 32.5 Å². The Balaban J connectivity index is 1.89. The van der Waals surface area contributed by atoms with Crippen molar-refractivity contribution in [3.8, 4) is 0 Å². The third-order valence-corrected chi connectivity index (χ3v) is 3.96. The molecule has 1 heterocycles. The lowest BCUT2D eigenvalue weighted by Gasteiger charge is -2.33. The Hall–Kier alpha value is -1.35. The number of aryl methyl sites for hydroxylation is 3. The highest BCUT2D eigenvalue weighted by molar-refractivity contribution is 5.73. The second-order valence-electron chi connectivity index (χ2n) is 5.58. The van der Waals surface area contributed by atoms with Crippen molar-refractivity contribution in [1.82, 2.24) is 10.2 Å². The summed E-state index contributed by atoms with van der Waals surface area (Å²) in [5.41, 5.74) is 4.12. The van der Waals surface area contributed by atoms with Gasteiger partial charge in [-0.15, -0.1) is 0 Å². The molecule has 1 unspecified atom stereocenters. The van der Waals surface area contributed by atoms with Crippen LogP contribution in [0, 0.1) is 13.8 Å². The van der Waals surface area contributed by atoms with E-state index in [4.69, 9.17) is 0 Å². The number of rotatable bonds is 3. The SMILES string of the molecule is CC(=O)N1CCNC(CCc2ccc(C)cc2C)C1. The van der Waals surface area contributed by atoms with Crippen molar-refractivity contribution in [1.29, 1.82) is 0 Å². The first kappa shape index (κ1) is 14.1. The Labute approximate surface area is 116 Å². The maximum absolute atomic E-state index is 11.4. The fourth-order valence-electron chi connectivity index (χ4n) is 2.76. The van der Waals surface area contributed by atoms with E-state index in [1.54, 1.807) is 6.92 Å². The van der Waals surface area contributed by atoms with Crippen molar-refractivity contribution < 1.29 is 4.79 Å². The van der Waals surface area contributed by atoms with Gasteiger partial charge in [0, 0.05) is 32.6 Å². The molecule has 1 aliphatic rings. The van der Waals surface area contributed by atoms with Crippen LogP contribution in [0.1, 0.15) is 30.0 Å². The molecule has 1 aromatic carbocycles. The number of hydrogen-bond donors (Lipinski definition) is 1. The lowest BCUT2D eigenvalue weighted by atomic mass is 9.98. The summed E-state index contributed by atoms with van der Waals surface area (Å²) in [7, 11) is 0. The predicted octanol–water partition coefficient (Wildman–Crippen LogP) is 2.06. The molecule has 0 aromatic heterocycles. The molecule has 1 aliphatic heterocycles. The number of amides is 1. The molecule has 0 radical (unpaired) electrons. The zero-order valence-electron chi connectivity index (χ0n) is 12.2. The van der Waals surface area contributed by atoms with Crippen molar-refractivity contribution in [3.05, 3.63) is 34.9 Å². The highest BCUT2D eigenvalue weighted by Gasteiger charge is 2.20. The van der Waals surface area contributed by atoms with Gasteiger partial charge < -0.3 is 10.2 Å². The van der Waals surface area contributed by atoms with Gasteiger partial charge in [-0.1, -0.05) is 23.8 Å². The molecule has 1 aromatic rings. The first-order valence-electron chi connectivity index (χ1n) is 7.11. The van der Waals surface area contributed by atoms with Crippen LogP contribution < -0.4 is 5.32 Å². The quantitative estimate of drug-likeness (QED) is 0.902. The molecule has 0 saturated carbocycles. The van der Waals surface area contributed by atoms with E-state index < -0.39 is 0 Å². The summed E-state index contributed by atoms with van der Waals surface area (Å²) < 4.78 is 0. The van der Waals surface area contributed by atoms with E-state index in [-0.39, 0.29) is 5.91 Å². The topological polar surface area (TPSA) is 32.3 Å². The summed E-state index contributed by atoms with van der Waals surface area (Å²) in [4.78, 5) is 13.4. The minimum Gasteiger partial charge on any atom is -0.340 e. The summed E-state index contributed by atoms with van der Waals surface area (Å²) in [5, 5.41) is 3.51. The minimum atomic E-state index is 0.193. The zero-order chi connectivity index (χ0) is 13.8. The van der Waals surface area contributed by atoms with E-state index in [1.807, 2.05) is 4.90 Å². The van der Waals surface area contributed by atoms with Crippen LogP contribution in [0.3, 0.4) is 0 Å². The molecule has 1 N–H and O–H groups in total. The number of carbonyl (C=O) groups excluding carboxylic acids is 1. The number of nitrogens with zero attached hydrogens (tertiary/aromatic N) is 1. The standard InChI is InChI=1S/C16H24N2O/c1-12-4-5-15(13(2)10-12)6-7-16-11-18(14(3)19)9-8-17-16/h4-5,10,16-17H,6-9,11H2,1-3H3. The summed E-state index contributed by atoms with van der Waals surface area (Å²) >= 11 is 0. The average molecular weight is 260 g/mol. The van der Waals surface area contributed by atoms with Gasteiger partial charge in [0.25, 0.3) is 0 Å². The summed E-state index contributed by atoms with van der Waals surface area (Å²) in [6.07, 6.45) is 2.17. The minimum absolute atomic E-state index is 0.193. The van der Waals surface area contributed by atoms with E-state index in [0.29, 0.717) is 6.04 Å². The summed E-state index contributed by atoms with van der Waals surface area (Å²) in [6, 6.07) is 7.08. The smallest absolute Gasteiger partial charge is 0.219 e. The van der Waals surface area contributed by atoms with Gasteiger partial charge in [-0.05, 0) is 37.8 Å². The molecule has 0 bridgehead atoms. The van der Waals surface area contributed by atoms with Crippen molar-refractivity contribution in [2.75, 3.05) is 19.6 Å². The second-order valence-corrected chi connectivity index (χ2v) is 5.58. The molecule has 0 spiro atoms. The summed E-state index contributed by atoms with van der Waals surface area (Å²) in [5.74, 6) is 0.193. The molecule has 19 heavy (non-hydrogen) atoms. The maximum Gasteiger partial charge on any atom is 0.219 e. The molecule has 1 saturated heterocycles. The van der Waals surface area contributed by atoms with Crippen molar-refractivity contribution in [2.45, 2.75) is 39.7 Å². The molecule has 1 fully saturated rings. The predicted molar refractivity (Wildman–Crippen MR) is 78.3 cm³/mol. The van der Waals surface area contributed by atoms with Gasteiger partial charge in [-0.3, -0.25) is 4.79 Å². The van der Waals surface area contributed by atoms with Gasteiger partial charge in [-0.2, -0.15) is 0 Å². The molecular weight excluding hydrogens is 236 g/mol. The Bertz CT molecular complexity index is 456. The fraction of sp³-hybridized carbons (Fsp3) is 0.562. The third-order valence-electron chi connectivity index (χ3n) is 3.96. The Morgan fingerprint density at radius 3 is 2.89 bits per heavy atom. The van der Waals surface area contributed by atoms with Crippen LogP contribution >= 0.6 is 0 Å². The van der Waals surface area contributed by atoms with Gasteiger partial charge in [-0.25, -0.2) is 0 Å². The zero-order valence-corrected chi connectivity index (χ0v) is 12.2. The van der Waals surface area contributed by atoms with Crippen LogP contribution in [-0.4, -0.2) is 36.5 Å². The van der Waals surface area contributed by atoms with E-state index in [9.17, 15) is 4.79 Å². The van der Waals surface area contributed by atoms with E-state index in [1.165, 1.54) is 16.7 Å². The molecule has 3 nitrogen and oxygen atoms in total. The monoisotopic (exact) mass is 260 g/mol. The molecule has 0 aliphatic carbocycles. The summed E-state index contributed by atoms with van der Waals surface area (Å²) in [6.45, 7) is 8.57. The Kier molecular flexibility index (Phi) is 4.59. The van der Waals surface area contributed by atoms with Crippen molar-refractivity contribution in [2.24, 2.45) is 0 Å². The largest absolute Gasteiger partial charge is 0.340 e. The fourth-order valence-corrected chi connectivity index (χ4v) is 2.76. The first-order chi connectivity index (χ1) is 9.06. The van der Waals surface area contributed by atoms with E-state index >= 15 is 0 Å². The van der Waals surface area contributed by atoms with Gasteiger partial charge in [0.15, 0.2) is 0 Å². The van der Waals surface area contributed by atoms with Crippen molar-refractivity contribution in [3.63, 3.8) is 0 Å². The number of nitrogens with one attached hydrogen (secondary N) is 1.